The van der Waals surface area contributed by atoms with E-state index in [1.165, 1.54) is 0 Å². The summed E-state index contributed by atoms with van der Waals surface area (Å²) in [4.78, 5) is 0. The molecule has 1 N–H and O–H groups in total. The van der Waals surface area contributed by atoms with Crippen LogP contribution in [0, 0.1) is 24.2 Å². The predicted molar refractivity (Wildman–Crippen MR) is 53.0 cm³/mol. The van der Waals surface area contributed by atoms with E-state index < -0.39 is 5.79 Å². The summed E-state index contributed by atoms with van der Waals surface area (Å²) >= 11 is 0. The molecule has 3 heteroatoms. The molecular weight excluding hydrogens is 260 g/mol. The summed E-state index contributed by atoms with van der Waals surface area (Å²) in [6, 6.07) is 0. The largest absolute Gasteiger partial charge is 0.379 e. The topological polar surface area (TPSA) is 29.5 Å². The van der Waals surface area contributed by atoms with Gasteiger partial charge in [0.1, 0.15) is 0 Å². The van der Waals surface area contributed by atoms with Gasteiger partial charge in [-0.1, -0.05) is 33.8 Å². The Bertz CT molecular complexity index is 180. The fraction of sp³-hybridized carbons (Fsp3) is 0.909. The Hall–Kier alpha value is 0.608. The maximum Gasteiger partial charge on any atom is 0.160 e. The molecule has 0 radical (unpaired) electrons. The maximum atomic E-state index is 9.99. The van der Waals surface area contributed by atoms with Crippen molar-refractivity contribution >= 4 is 0 Å². The van der Waals surface area contributed by atoms with E-state index >= 15 is 0 Å². The Balaban J connectivity index is 0.00000169. The Morgan fingerprint density at radius 2 is 1.86 bits per heavy atom. The van der Waals surface area contributed by atoms with Crippen LogP contribution in [0.1, 0.15) is 34.6 Å². The average molecular weight is 281 g/mol. The second-order valence-electron chi connectivity index (χ2n) is 4.72. The van der Waals surface area contributed by atoms with Gasteiger partial charge in [0, 0.05) is 21.1 Å². The molecule has 0 bridgehead atoms. The molecule has 1 aliphatic heterocycles. The summed E-state index contributed by atoms with van der Waals surface area (Å²) in [6.07, 6.45) is 2.29. The Morgan fingerprint density at radius 3 is 2.21 bits per heavy atom. The number of hydrogen-bond donors (Lipinski definition) is 1. The summed E-state index contributed by atoms with van der Waals surface area (Å²) in [7, 11) is 0. The van der Waals surface area contributed by atoms with Gasteiger partial charge in [-0.05, 0) is 18.8 Å². The van der Waals surface area contributed by atoms with Crippen molar-refractivity contribution in [2.24, 2.45) is 17.8 Å². The molecule has 0 aromatic carbocycles. The first kappa shape index (κ1) is 14.6. The quantitative estimate of drug-likeness (QED) is 0.590. The Morgan fingerprint density at radius 1 is 1.36 bits per heavy atom. The fourth-order valence-corrected chi connectivity index (χ4v) is 1.73. The standard InChI is InChI=1S/C11H21O2.Mo/c1-7(2)10-6-8(3)9(4)11(5,12)13-10;/h6-10,12H,1-5H3;/q-1;/t8-,9+,10-,11?;/m0./s1. The molecular formula is C11H21MoO2-. The van der Waals surface area contributed by atoms with Gasteiger partial charge in [0.2, 0.25) is 0 Å². The van der Waals surface area contributed by atoms with E-state index in [2.05, 4.69) is 27.2 Å². The Labute approximate surface area is 102 Å². The van der Waals surface area contributed by atoms with Crippen molar-refractivity contribution in [3.8, 4) is 0 Å². The molecule has 0 aliphatic carbocycles. The van der Waals surface area contributed by atoms with E-state index in [9.17, 15) is 5.11 Å². The molecule has 0 aromatic heterocycles. The van der Waals surface area contributed by atoms with Crippen LogP contribution >= 0.6 is 0 Å². The second kappa shape index (κ2) is 5.09. The molecule has 1 rings (SSSR count). The molecule has 2 nitrogen and oxygen atoms in total. The molecule has 4 atom stereocenters. The van der Waals surface area contributed by atoms with Crippen LogP contribution in [-0.2, 0) is 25.8 Å². The summed E-state index contributed by atoms with van der Waals surface area (Å²) in [6.45, 7) is 10.1. The van der Waals surface area contributed by atoms with E-state index in [1.54, 1.807) is 6.92 Å². The molecule has 0 amide bonds. The summed E-state index contributed by atoms with van der Waals surface area (Å²) in [5, 5.41) is 9.99. The average Bonchev–Trinajstić information content (AvgIpc) is 1.99. The van der Waals surface area contributed by atoms with Crippen LogP contribution in [0.3, 0.4) is 0 Å². The first-order valence-corrected chi connectivity index (χ1v) is 5.09. The van der Waals surface area contributed by atoms with Crippen molar-refractivity contribution < 1.29 is 30.9 Å². The van der Waals surface area contributed by atoms with Crippen molar-refractivity contribution in [2.75, 3.05) is 0 Å². The molecule has 1 heterocycles. The van der Waals surface area contributed by atoms with Crippen molar-refractivity contribution in [1.82, 2.24) is 0 Å². The summed E-state index contributed by atoms with van der Waals surface area (Å²) in [5.41, 5.74) is 0. The first-order valence-electron chi connectivity index (χ1n) is 5.09. The summed E-state index contributed by atoms with van der Waals surface area (Å²) < 4.78 is 5.62. The molecule has 0 spiro atoms. The van der Waals surface area contributed by atoms with E-state index in [4.69, 9.17) is 4.74 Å². The van der Waals surface area contributed by atoms with Crippen LogP contribution in [0.5, 0.6) is 0 Å². The van der Waals surface area contributed by atoms with Gasteiger partial charge in [-0.3, -0.25) is 6.42 Å². The smallest absolute Gasteiger partial charge is 0.160 e. The minimum atomic E-state index is -0.969. The van der Waals surface area contributed by atoms with Crippen molar-refractivity contribution in [3.63, 3.8) is 0 Å². The van der Waals surface area contributed by atoms with Gasteiger partial charge in [-0.2, -0.15) is 5.92 Å². The van der Waals surface area contributed by atoms with Crippen molar-refractivity contribution in [1.29, 1.82) is 0 Å². The minimum Gasteiger partial charge on any atom is -0.379 e. The van der Waals surface area contributed by atoms with Gasteiger partial charge in [-0.15, -0.1) is 0 Å². The molecule has 1 saturated heterocycles. The maximum absolute atomic E-state index is 9.99. The third-order valence-electron chi connectivity index (χ3n) is 3.16. The monoisotopic (exact) mass is 283 g/mol. The van der Waals surface area contributed by atoms with E-state index in [0.29, 0.717) is 11.8 Å². The molecule has 1 unspecified atom stereocenters. The van der Waals surface area contributed by atoms with Gasteiger partial charge in [0.25, 0.3) is 0 Å². The molecule has 0 saturated carbocycles. The molecule has 1 fully saturated rings. The van der Waals surface area contributed by atoms with Gasteiger partial charge >= 0.3 is 0 Å². The number of aliphatic hydroxyl groups is 1. The second-order valence-corrected chi connectivity index (χ2v) is 4.72. The zero-order valence-corrected chi connectivity index (χ0v) is 11.7. The molecule has 0 aromatic rings. The van der Waals surface area contributed by atoms with Crippen LogP contribution in [-0.4, -0.2) is 17.0 Å². The number of ether oxygens (including phenoxy) is 1. The predicted octanol–water partition coefficient (Wildman–Crippen LogP) is 2.22. The zero-order chi connectivity index (χ0) is 10.2. The fourth-order valence-electron chi connectivity index (χ4n) is 1.73. The Kier molecular flexibility index (Phi) is 5.32. The molecule has 14 heavy (non-hydrogen) atoms. The van der Waals surface area contributed by atoms with Crippen LogP contribution in [0.15, 0.2) is 0 Å². The molecule has 84 valence electrons. The number of hydrogen-bond acceptors (Lipinski definition) is 2. The van der Waals surface area contributed by atoms with Gasteiger partial charge in [-0.25, -0.2) is 0 Å². The van der Waals surface area contributed by atoms with E-state index in [1.807, 2.05) is 6.92 Å². The van der Waals surface area contributed by atoms with E-state index in [-0.39, 0.29) is 33.1 Å². The summed E-state index contributed by atoms with van der Waals surface area (Å²) in [5.74, 6) is 0.0448. The van der Waals surface area contributed by atoms with Gasteiger partial charge in [0.15, 0.2) is 5.79 Å². The van der Waals surface area contributed by atoms with Crippen LogP contribution < -0.4 is 0 Å². The van der Waals surface area contributed by atoms with Crippen LogP contribution in [0.2, 0.25) is 0 Å². The van der Waals surface area contributed by atoms with Gasteiger partial charge in [0.05, 0.1) is 0 Å². The molecule has 1 aliphatic rings. The number of rotatable bonds is 1. The third kappa shape index (κ3) is 3.05. The first-order chi connectivity index (χ1) is 5.84. The van der Waals surface area contributed by atoms with E-state index in [0.717, 1.165) is 0 Å². The van der Waals surface area contributed by atoms with Crippen molar-refractivity contribution in [2.45, 2.75) is 46.5 Å². The van der Waals surface area contributed by atoms with Crippen LogP contribution in [0.4, 0.5) is 0 Å². The normalized spacial score (nSPS) is 43.5. The van der Waals surface area contributed by atoms with Crippen molar-refractivity contribution in [3.05, 3.63) is 6.42 Å². The minimum absolute atomic E-state index is 0. The third-order valence-corrected chi connectivity index (χ3v) is 3.16. The SMILES string of the molecule is CC(C)[C@@H]1[CH-][C@H](C)[C@@H](C)C(C)(O)O1.[Mo]. The van der Waals surface area contributed by atoms with Gasteiger partial charge < -0.3 is 9.84 Å². The zero-order valence-electron chi connectivity index (χ0n) is 9.65. The van der Waals surface area contributed by atoms with Crippen LogP contribution in [0.25, 0.3) is 0 Å².